The number of ether oxygens (including phenoxy) is 1. The number of thioether (sulfide) groups is 1. The maximum absolute atomic E-state index is 13.7. The summed E-state index contributed by atoms with van der Waals surface area (Å²) in [5, 5.41) is 8.08. The lowest BCUT2D eigenvalue weighted by Crippen LogP contribution is -2.55. The minimum atomic E-state index is -0.718. The lowest BCUT2D eigenvalue weighted by Gasteiger charge is -2.54. The van der Waals surface area contributed by atoms with Crippen LogP contribution in [0, 0.1) is 35.0 Å². The van der Waals surface area contributed by atoms with Gasteiger partial charge in [0.1, 0.15) is 11.5 Å². The van der Waals surface area contributed by atoms with E-state index in [9.17, 15) is 9.59 Å². The summed E-state index contributed by atoms with van der Waals surface area (Å²) in [5.41, 5.74) is 5.12. The van der Waals surface area contributed by atoms with Crippen molar-refractivity contribution in [1.82, 2.24) is 15.4 Å². The highest BCUT2D eigenvalue weighted by atomic mass is 32.2. The minimum absolute atomic E-state index is 0.0906. The van der Waals surface area contributed by atoms with Crippen molar-refractivity contribution in [3.63, 3.8) is 0 Å². The van der Waals surface area contributed by atoms with E-state index in [1.54, 1.807) is 11.8 Å². The first-order valence-electron chi connectivity index (χ1n) is 15.9. The van der Waals surface area contributed by atoms with Crippen molar-refractivity contribution in [2.75, 3.05) is 26.2 Å². The van der Waals surface area contributed by atoms with Crippen molar-refractivity contribution in [2.24, 2.45) is 40.7 Å². The molecule has 3 N–H and O–H groups in total. The van der Waals surface area contributed by atoms with Gasteiger partial charge in [-0.15, -0.1) is 11.8 Å². The molecule has 6 fully saturated rings. The number of hydrogen-bond donors (Lipinski definition) is 2. The Bertz CT molecular complexity index is 1030. The highest BCUT2D eigenvalue weighted by Crippen LogP contribution is 2.54. The summed E-state index contributed by atoms with van der Waals surface area (Å²) in [7, 11) is 0. The molecule has 4 bridgehead atoms. The predicted molar refractivity (Wildman–Crippen MR) is 155 cm³/mol. The SMILES string of the molecule is CC(C)(COc1noc(C(=O)NC2C3CC4CC(C3)CC2C4)c1SC1CCCCC1)C(=O)N1CCC(CN)CC1. The van der Waals surface area contributed by atoms with Gasteiger partial charge in [0.05, 0.1) is 5.41 Å². The summed E-state index contributed by atoms with van der Waals surface area (Å²) in [6.45, 7) is 6.21. The fraction of sp³-hybridized carbons (Fsp3) is 0.839. The Hall–Kier alpha value is -1.74. The zero-order valence-electron chi connectivity index (χ0n) is 24.4. The minimum Gasteiger partial charge on any atom is -0.474 e. The highest BCUT2D eigenvalue weighted by molar-refractivity contribution is 8.00. The van der Waals surface area contributed by atoms with Crippen LogP contribution in [0.2, 0.25) is 0 Å². The van der Waals surface area contributed by atoms with Crippen LogP contribution < -0.4 is 15.8 Å². The number of carbonyl (C=O) groups excluding carboxylic acids is 2. The molecule has 2 amide bonds. The Morgan fingerprint density at radius 1 is 1.02 bits per heavy atom. The van der Waals surface area contributed by atoms with Gasteiger partial charge in [0, 0.05) is 24.4 Å². The van der Waals surface area contributed by atoms with Gasteiger partial charge in [-0.2, -0.15) is 0 Å². The van der Waals surface area contributed by atoms with Crippen LogP contribution in [0.15, 0.2) is 9.42 Å². The van der Waals surface area contributed by atoms with Gasteiger partial charge in [-0.25, -0.2) is 0 Å². The third-order valence-electron chi connectivity index (χ3n) is 10.6. The van der Waals surface area contributed by atoms with Crippen LogP contribution in [0.25, 0.3) is 0 Å². The lowest BCUT2D eigenvalue weighted by molar-refractivity contribution is -0.143. The lowest BCUT2D eigenvalue weighted by atomic mass is 9.54. The van der Waals surface area contributed by atoms with Crippen LogP contribution in [-0.4, -0.2) is 59.4 Å². The van der Waals surface area contributed by atoms with Crippen molar-refractivity contribution < 1.29 is 18.8 Å². The van der Waals surface area contributed by atoms with Crippen LogP contribution in [0.3, 0.4) is 0 Å². The van der Waals surface area contributed by atoms with E-state index in [1.807, 2.05) is 18.7 Å². The van der Waals surface area contributed by atoms with E-state index in [-0.39, 0.29) is 30.2 Å². The summed E-state index contributed by atoms with van der Waals surface area (Å²) >= 11 is 1.68. The van der Waals surface area contributed by atoms with E-state index >= 15 is 0 Å². The number of rotatable bonds is 9. The molecule has 5 aliphatic carbocycles. The number of aromatic nitrogens is 1. The molecule has 1 saturated heterocycles. The average molecular weight is 573 g/mol. The van der Waals surface area contributed by atoms with E-state index in [4.69, 9.17) is 15.0 Å². The Balaban J connectivity index is 1.15. The molecular weight excluding hydrogens is 524 g/mol. The second-order valence-corrected chi connectivity index (χ2v) is 15.4. The van der Waals surface area contributed by atoms with Crippen molar-refractivity contribution in [2.45, 2.75) is 107 Å². The third kappa shape index (κ3) is 5.92. The summed E-state index contributed by atoms with van der Waals surface area (Å²) in [6, 6.07) is 0.238. The smallest absolute Gasteiger partial charge is 0.291 e. The number of nitrogens with zero attached hydrogens (tertiary/aromatic N) is 2. The molecule has 0 unspecified atom stereocenters. The molecule has 5 saturated carbocycles. The molecule has 8 nitrogen and oxygen atoms in total. The molecule has 6 aliphatic rings. The maximum atomic E-state index is 13.7. The maximum Gasteiger partial charge on any atom is 0.291 e. The van der Waals surface area contributed by atoms with E-state index in [1.165, 1.54) is 51.4 Å². The van der Waals surface area contributed by atoms with Gasteiger partial charge >= 0.3 is 0 Å². The summed E-state index contributed by atoms with van der Waals surface area (Å²) in [6.07, 6.45) is 14.2. The number of nitrogens with one attached hydrogen (secondary N) is 1. The van der Waals surface area contributed by atoms with Crippen molar-refractivity contribution in [3.8, 4) is 5.88 Å². The topological polar surface area (TPSA) is 111 Å². The van der Waals surface area contributed by atoms with Gasteiger partial charge in [-0.3, -0.25) is 9.59 Å². The molecule has 0 spiro atoms. The molecule has 1 aliphatic heterocycles. The molecule has 7 rings (SSSR count). The molecule has 40 heavy (non-hydrogen) atoms. The van der Waals surface area contributed by atoms with Crippen LogP contribution >= 0.6 is 11.8 Å². The number of carbonyl (C=O) groups is 2. The van der Waals surface area contributed by atoms with Crippen LogP contribution in [0.5, 0.6) is 5.88 Å². The summed E-state index contributed by atoms with van der Waals surface area (Å²) in [4.78, 5) is 29.7. The molecule has 9 heteroatoms. The van der Waals surface area contributed by atoms with Gasteiger partial charge in [-0.05, 0) is 113 Å². The molecule has 0 aromatic carbocycles. The molecule has 0 atom stereocenters. The first-order chi connectivity index (χ1) is 19.3. The molecule has 1 aromatic heterocycles. The van der Waals surface area contributed by atoms with E-state index in [0.29, 0.717) is 40.3 Å². The number of likely N-dealkylation sites (tertiary alicyclic amines) is 1. The van der Waals surface area contributed by atoms with E-state index < -0.39 is 5.41 Å². The normalized spacial score (nSPS) is 31.0. The second kappa shape index (κ2) is 11.9. The predicted octanol–water partition coefficient (Wildman–Crippen LogP) is 5.26. The largest absolute Gasteiger partial charge is 0.474 e. The Morgan fingerprint density at radius 3 is 2.30 bits per heavy atom. The molecular formula is C31H48N4O4S. The zero-order valence-corrected chi connectivity index (χ0v) is 25.2. The van der Waals surface area contributed by atoms with Gasteiger partial charge in [0.2, 0.25) is 11.7 Å². The van der Waals surface area contributed by atoms with E-state index in [2.05, 4.69) is 10.5 Å². The second-order valence-electron chi connectivity index (χ2n) is 14.1. The molecule has 1 aromatic rings. The Labute approximate surface area is 243 Å². The van der Waals surface area contributed by atoms with Crippen molar-refractivity contribution in [1.29, 1.82) is 0 Å². The fourth-order valence-electron chi connectivity index (χ4n) is 8.45. The number of hydrogen-bond acceptors (Lipinski definition) is 7. The average Bonchev–Trinajstić information content (AvgIpc) is 3.36. The summed E-state index contributed by atoms with van der Waals surface area (Å²) < 4.78 is 12.0. The molecule has 0 radical (unpaired) electrons. The number of amides is 2. The van der Waals surface area contributed by atoms with E-state index in [0.717, 1.165) is 50.6 Å². The van der Waals surface area contributed by atoms with Crippen LogP contribution in [-0.2, 0) is 4.79 Å². The standard InChI is InChI=1S/C31H48N4O4S/c1-31(2,30(37)35-10-8-19(17-32)9-11-35)18-38-29-27(40-24-6-4-3-5-7-24)26(39-34-29)28(36)33-25-22-13-20-12-21(15-22)16-23(25)14-20/h19-25H,3-18,32H2,1-2H3,(H,33,36). The first-order valence-corrected chi connectivity index (χ1v) is 16.8. The number of piperidine rings is 1. The first kappa shape index (κ1) is 28.4. The Morgan fingerprint density at radius 2 is 1.68 bits per heavy atom. The van der Waals surface area contributed by atoms with Gasteiger partial charge in [0.25, 0.3) is 11.8 Å². The zero-order chi connectivity index (χ0) is 27.9. The van der Waals surface area contributed by atoms with Crippen molar-refractivity contribution >= 4 is 23.6 Å². The number of nitrogens with two attached hydrogens (primary N) is 1. The third-order valence-corrected chi connectivity index (χ3v) is 12.0. The van der Waals surface area contributed by atoms with Crippen LogP contribution in [0.4, 0.5) is 0 Å². The van der Waals surface area contributed by atoms with Gasteiger partial charge in [0.15, 0.2) is 0 Å². The van der Waals surface area contributed by atoms with Gasteiger partial charge < -0.3 is 25.2 Å². The molecule has 2 heterocycles. The van der Waals surface area contributed by atoms with Crippen molar-refractivity contribution in [3.05, 3.63) is 5.76 Å². The quantitative estimate of drug-likeness (QED) is 0.415. The van der Waals surface area contributed by atoms with Crippen LogP contribution in [0.1, 0.15) is 101 Å². The Kier molecular flexibility index (Phi) is 8.42. The highest BCUT2D eigenvalue weighted by Gasteiger charge is 2.49. The summed E-state index contributed by atoms with van der Waals surface area (Å²) in [5.74, 6) is 3.98. The van der Waals surface area contributed by atoms with Gasteiger partial charge in [-0.1, -0.05) is 19.3 Å². The molecule has 222 valence electrons. The monoisotopic (exact) mass is 572 g/mol. The fourth-order valence-corrected chi connectivity index (χ4v) is 9.78.